The fraction of sp³-hybridized carbons (Fsp3) is 0.333. The zero-order valence-corrected chi connectivity index (χ0v) is 14.2. The van der Waals surface area contributed by atoms with E-state index in [-0.39, 0.29) is 28.7 Å². The SMILES string of the molecule is CCOC(=O)c1sc(NC(=O)/C=C/C(=O)[O-])c(C(=O)OCC)c1C. The van der Waals surface area contributed by atoms with E-state index in [2.05, 4.69) is 5.32 Å². The average Bonchev–Trinajstić information content (AvgIpc) is 2.82. The van der Waals surface area contributed by atoms with Crippen LogP contribution in [0.4, 0.5) is 5.00 Å². The Morgan fingerprint density at radius 3 is 2.21 bits per heavy atom. The van der Waals surface area contributed by atoms with Gasteiger partial charge in [0, 0.05) is 6.08 Å². The Hall–Kier alpha value is -2.68. The summed E-state index contributed by atoms with van der Waals surface area (Å²) in [6.07, 6.45) is 1.29. The Bertz CT molecular complexity index is 690. The second-order valence-corrected chi connectivity index (χ2v) is 5.36. The number of carboxylic acid groups (broad SMARTS) is 1. The molecule has 0 aliphatic heterocycles. The van der Waals surface area contributed by atoms with Gasteiger partial charge in [-0.25, -0.2) is 9.59 Å². The van der Waals surface area contributed by atoms with Crippen molar-refractivity contribution in [1.82, 2.24) is 0 Å². The molecular weight excluding hydrogens is 338 g/mol. The number of hydrogen-bond acceptors (Lipinski definition) is 8. The number of carboxylic acids is 1. The Labute approximate surface area is 142 Å². The first kappa shape index (κ1) is 19.4. The van der Waals surface area contributed by atoms with E-state index >= 15 is 0 Å². The summed E-state index contributed by atoms with van der Waals surface area (Å²) in [6, 6.07) is 0. The van der Waals surface area contributed by atoms with Crippen LogP contribution in [0.1, 0.15) is 39.4 Å². The number of amides is 1. The molecule has 0 bridgehead atoms. The van der Waals surface area contributed by atoms with E-state index in [4.69, 9.17) is 9.47 Å². The maximum absolute atomic E-state index is 12.1. The predicted octanol–water partition coefficient (Wildman–Crippen LogP) is 0.655. The second kappa shape index (κ2) is 8.82. The minimum absolute atomic E-state index is 0.0279. The van der Waals surface area contributed by atoms with Gasteiger partial charge in [0.1, 0.15) is 9.88 Å². The normalized spacial score (nSPS) is 10.5. The van der Waals surface area contributed by atoms with E-state index in [1.165, 1.54) is 6.92 Å². The van der Waals surface area contributed by atoms with Crippen LogP contribution in [0.3, 0.4) is 0 Å². The number of thiophene rings is 1. The Morgan fingerprint density at radius 2 is 1.67 bits per heavy atom. The average molecular weight is 354 g/mol. The van der Waals surface area contributed by atoms with Gasteiger partial charge in [-0.3, -0.25) is 4.79 Å². The van der Waals surface area contributed by atoms with Crippen LogP contribution in [0.5, 0.6) is 0 Å². The number of hydrogen-bond donors (Lipinski definition) is 1. The summed E-state index contributed by atoms with van der Waals surface area (Å²) in [5.74, 6) is -3.66. The molecule has 24 heavy (non-hydrogen) atoms. The molecule has 0 unspecified atom stereocenters. The molecule has 1 N–H and O–H groups in total. The summed E-state index contributed by atoms with van der Waals surface area (Å²) in [4.78, 5) is 46.2. The lowest BCUT2D eigenvalue weighted by atomic mass is 10.1. The third-order valence-corrected chi connectivity index (χ3v) is 3.88. The first-order valence-electron chi connectivity index (χ1n) is 6.99. The molecular formula is C15H16NO7S-. The molecule has 1 rings (SSSR count). The summed E-state index contributed by atoms with van der Waals surface area (Å²) < 4.78 is 9.83. The van der Waals surface area contributed by atoms with Crippen molar-refractivity contribution in [3.63, 3.8) is 0 Å². The van der Waals surface area contributed by atoms with Gasteiger partial charge in [0.2, 0.25) is 5.91 Å². The van der Waals surface area contributed by atoms with Crippen LogP contribution in [0.2, 0.25) is 0 Å². The summed E-state index contributed by atoms with van der Waals surface area (Å²) in [7, 11) is 0. The van der Waals surface area contributed by atoms with Crippen molar-refractivity contribution in [2.24, 2.45) is 0 Å². The van der Waals surface area contributed by atoms with Crippen LogP contribution >= 0.6 is 11.3 Å². The van der Waals surface area contributed by atoms with Gasteiger partial charge in [-0.2, -0.15) is 0 Å². The Balaban J connectivity index is 3.23. The number of anilines is 1. The lowest BCUT2D eigenvalue weighted by Gasteiger charge is -2.05. The van der Waals surface area contributed by atoms with Crippen molar-refractivity contribution in [3.05, 3.63) is 28.2 Å². The molecule has 0 atom stereocenters. The molecule has 0 saturated carbocycles. The van der Waals surface area contributed by atoms with E-state index < -0.39 is 23.8 Å². The van der Waals surface area contributed by atoms with Gasteiger partial charge >= 0.3 is 11.9 Å². The highest BCUT2D eigenvalue weighted by Crippen LogP contribution is 2.34. The third kappa shape index (κ3) is 4.92. The number of ether oxygens (including phenoxy) is 2. The number of esters is 2. The maximum Gasteiger partial charge on any atom is 0.348 e. The monoisotopic (exact) mass is 354 g/mol. The summed E-state index contributed by atoms with van der Waals surface area (Å²) in [5.41, 5.74) is 0.344. The number of aliphatic carboxylic acids is 1. The van der Waals surface area contributed by atoms with Gasteiger partial charge in [0.05, 0.1) is 24.7 Å². The van der Waals surface area contributed by atoms with Crippen LogP contribution in [0.15, 0.2) is 12.2 Å². The number of rotatable bonds is 7. The fourth-order valence-corrected chi connectivity index (χ4v) is 2.83. The highest BCUT2D eigenvalue weighted by atomic mass is 32.1. The molecule has 0 saturated heterocycles. The molecule has 1 aromatic heterocycles. The highest BCUT2D eigenvalue weighted by molar-refractivity contribution is 7.18. The van der Waals surface area contributed by atoms with Gasteiger partial charge in [-0.05, 0) is 32.4 Å². The highest BCUT2D eigenvalue weighted by Gasteiger charge is 2.26. The number of carbonyl (C=O) groups is 4. The van der Waals surface area contributed by atoms with Crippen LogP contribution in [0, 0.1) is 6.92 Å². The van der Waals surface area contributed by atoms with Gasteiger partial charge in [-0.1, -0.05) is 0 Å². The molecule has 1 amide bonds. The zero-order chi connectivity index (χ0) is 18.3. The van der Waals surface area contributed by atoms with Crippen molar-refractivity contribution in [1.29, 1.82) is 0 Å². The van der Waals surface area contributed by atoms with Crippen molar-refractivity contribution in [3.8, 4) is 0 Å². The van der Waals surface area contributed by atoms with E-state index in [1.807, 2.05) is 0 Å². The first-order chi connectivity index (χ1) is 11.3. The van der Waals surface area contributed by atoms with Crippen LogP contribution in [0.25, 0.3) is 0 Å². The molecule has 9 heteroatoms. The molecule has 1 aromatic rings. The molecule has 8 nitrogen and oxygen atoms in total. The third-order valence-electron chi connectivity index (χ3n) is 2.69. The smallest absolute Gasteiger partial charge is 0.348 e. The Morgan fingerprint density at radius 1 is 1.08 bits per heavy atom. The van der Waals surface area contributed by atoms with Crippen molar-refractivity contribution in [2.45, 2.75) is 20.8 Å². The van der Waals surface area contributed by atoms with Crippen molar-refractivity contribution < 1.29 is 33.8 Å². The lowest BCUT2D eigenvalue weighted by Crippen LogP contribution is -2.20. The van der Waals surface area contributed by atoms with E-state index in [1.54, 1.807) is 13.8 Å². The summed E-state index contributed by atoms with van der Waals surface area (Å²) >= 11 is 0.847. The first-order valence-corrected chi connectivity index (χ1v) is 7.81. The van der Waals surface area contributed by atoms with E-state index in [0.717, 1.165) is 17.4 Å². The quantitative estimate of drug-likeness (QED) is 0.563. The Kier molecular flexibility index (Phi) is 7.12. The molecule has 0 spiro atoms. The largest absolute Gasteiger partial charge is 0.545 e. The van der Waals surface area contributed by atoms with Crippen molar-refractivity contribution in [2.75, 3.05) is 18.5 Å². The topological polar surface area (TPSA) is 122 Å². The van der Waals surface area contributed by atoms with Crippen LogP contribution < -0.4 is 10.4 Å². The predicted molar refractivity (Wildman–Crippen MR) is 83.7 cm³/mol. The van der Waals surface area contributed by atoms with Gasteiger partial charge in [0.25, 0.3) is 0 Å². The van der Waals surface area contributed by atoms with Crippen LogP contribution in [-0.4, -0.2) is 37.0 Å². The zero-order valence-electron chi connectivity index (χ0n) is 13.3. The lowest BCUT2D eigenvalue weighted by molar-refractivity contribution is -0.297. The van der Waals surface area contributed by atoms with Gasteiger partial charge in [-0.15, -0.1) is 11.3 Å². The van der Waals surface area contributed by atoms with Gasteiger partial charge in [0.15, 0.2) is 0 Å². The molecule has 0 aliphatic carbocycles. The molecule has 1 heterocycles. The number of carbonyl (C=O) groups excluding carboxylic acids is 4. The molecule has 130 valence electrons. The van der Waals surface area contributed by atoms with Gasteiger partial charge < -0.3 is 24.7 Å². The summed E-state index contributed by atoms with van der Waals surface area (Å²) in [5, 5.41) is 12.8. The van der Waals surface area contributed by atoms with Crippen molar-refractivity contribution >= 4 is 40.2 Å². The second-order valence-electron chi connectivity index (χ2n) is 4.34. The number of nitrogens with one attached hydrogen (secondary N) is 1. The summed E-state index contributed by atoms with van der Waals surface area (Å²) in [6.45, 7) is 5.05. The van der Waals surface area contributed by atoms with E-state index in [0.29, 0.717) is 11.6 Å². The molecule has 0 radical (unpaired) electrons. The fourth-order valence-electron chi connectivity index (χ4n) is 1.74. The molecule has 0 fully saturated rings. The minimum Gasteiger partial charge on any atom is -0.545 e. The minimum atomic E-state index is -1.54. The molecule has 0 aliphatic rings. The maximum atomic E-state index is 12.1. The standard InChI is InChI=1S/C15H17NO7S/c1-4-22-14(20)11-8(3)12(15(21)23-5-2)24-13(11)16-9(17)6-7-10(18)19/h6-7H,4-5H2,1-3H3,(H,16,17)(H,18,19)/p-1/b7-6+. The molecule has 0 aromatic carbocycles. The van der Waals surface area contributed by atoms with E-state index in [9.17, 15) is 24.3 Å². The van der Waals surface area contributed by atoms with Crippen LogP contribution in [-0.2, 0) is 19.1 Å².